The molecule has 0 bridgehead atoms. The molecule has 0 aliphatic heterocycles. The summed E-state index contributed by atoms with van der Waals surface area (Å²) in [5.41, 5.74) is 5.69. The summed E-state index contributed by atoms with van der Waals surface area (Å²) < 4.78 is 0. The molecule has 0 rings (SSSR count). The number of rotatable bonds is 4. The Bertz CT molecular complexity index is 148. The fourth-order valence-electron chi connectivity index (χ4n) is 0.623. The average molecular weight is 165 g/mol. The third-order valence-electron chi connectivity index (χ3n) is 1.40. The Morgan fingerprint density at radius 3 is 2.55 bits per heavy atom. The largest absolute Gasteiger partial charge is 1.00 e. The van der Waals surface area contributed by atoms with E-state index in [4.69, 9.17) is 5.73 Å². The van der Waals surface area contributed by atoms with E-state index in [1.54, 1.807) is 6.92 Å². The molecule has 0 heterocycles. The quantitative estimate of drug-likeness (QED) is 0.315. The summed E-state index contributed by atoms with van der Waals surface area (Å²) in [6.07, 6.45) is 5.14. The van der Waals surface area contributed by atoms with Crippen LogP contribution in [0.3, 0.4) is 0 Å². The predicted molar refractivity (Wildman–Crippen MR) is 43.6 cm³/mol. The molecule has 0 saturated carbocycles. The second-order valence-corrected chi connectivity index (χ2v) is 2.39. The number of unbranched alkanes of at least 4 members (excludes halogenated alkanes) is 2. The molecule has 0 unspecified atom stereocenters. The van der Waals surface area contributed by atoms with Gasteiger partial charge in [0.2, 0.25) is 5.91 Å². The molecule has 3 heteroatoms. The van der Waals surface area contributed by atoms with Crippen LogP contribution < -0.4 is 35.3 Å². The molecule has 0 fully saturated rings. The monoisotopic (exact) mass is 165 g/mol. The van der Waals surface area contributed by atoms with Crippen molar-refractivity contribution in [2.24, 2.45) is 5.73 Å². The molecule has 0 atom stereocenters. The zero-order valence-electron chi connectivity index (χ0n) is 8.68. The normalized spacial score (nSPS) is 10.5. The number of primary amides is 1. The number of nitrogens with two attached hydrogens (primary N) is 1. The molecule has 0 aromatic carbocycles. The molecule has 0 aliphatic rings. The van der Waals surface area contributed by atoms with Gasteiger partial charge in [-0.15, -0.1) is 0 Å². The van der Waals surface area contributed by atoms with Crippen LogP contribution >= 0.6 is 0 Å². The van der Waals surface area contributed by atoms with Gasteiger partial charge in [0, 0.05) is 5.57 Å². The van der Waals surface area contributed by atoms with E-state index in [0.29, 0.717) is 5.57 Å². The molecule has 1 amide bonds. The standard InChI is InChI=1S/C8H15NO.Na.H/c1-3-4-5-6-7(2)8(9)10;;/h6H,3-5H2,1-2H3,(H2,9,10);;/q;+1;-1. The van der Waals surface area contributed by atoms with E-state index in [1.807, 2.05) is 6.08 Å². The number of hydrogen-bond acceptors (Lipinski definition) is 1. The van der Waals surface area contributed by atoms with Crippen molar-refractivity contribution in [3.05, 3.63) is 11.6 Å². The van der Waals surface area contributed by atoms with Gasteiger partial charge in [-0.1, -0.05) is 25.8 Å². The van der Waals surface area contributed by atoms with Crippen molar-refractivity contribution in [3.63, 3.8) is 0 Å². The zero-order chi connectivity index (χ0) is 7.98. The molecule has 60 valence electrons. The van der Waals surface area contributed by atoms with Gasteiger partial charge < -0.3 is 7.16 Å². The Hall–Kier alpha value is 0.210. The van der Waals surface area contributed by atoms with Gasteiger partial charge in [-0.3, -0.25) is 4.79 Å². The van der Waals surface area contributed by atoms with Gasteiger partial charge in [0.15, 0.2) is 0 Å². The summed E-state index contributed by atoms with van der Waals surface area (Å²) in [5, 5.41) is 0. The van der Waals surface area contributed by atoms with Crippen molar-refractivity contribution in [3.8, 4) is 0 Å². The fourth-order valence-corrected chi connectivity index (χ4v) is 0.623. The van der Waals surface area contributed by atoms with Crippen LogP contribution in [0.5, 0.6) is 0 Å². The number of amides is 1. The molecule has 0 aliphatic carbocycles. The summed E-state index contributed by atoms with van der Waals surface area (Å²) in [6, 6.07) is 0. The molecule has 0 spiro atoms. The van der Waals surface area contributed by atoms with Crippen molar-refractivity contribution in [2.45, 2.75) is 33.1 Å². The van der Waals surface area contributed by atoms with E-state index in [-0.39, 0.29) is 36.9 Å². The van der Waals surface area contributed by atoms with Crippen molar-refractivity contribution in [2.75, 3.05) is 0 Å². The maximum atomic E-state index is 10.4. The number of carbonyl (C=O) groups excluding carboxylic acids is 1. The maximum absolute atomic E-state index is 10.4. The van der Waals surface area contributed by atoms with Crippen molar-refractivity contribution >= 4 is 5.91 Å². The summed E-state index contributed by atoms with van der Waals surface area (Å²) >= 11 is 0. The first kappa shape index (κ1) is 13.8. The van der Waals surface area contributed by atoms with Crippen LogP contribution in [0.25, 0.3) is 0 Å². The minimum Gasteiger partial charge on any atom is -1.00 e. The average Bonchev–Trinajstić information content (AvgIpc) is 1.88. The second-order valence-electron chi connectivity index (χ2n) is 2.39. The summed E-state index contributed by atoms with van der Waals surface area (Å²) in [7, 11) is 0. The van der Waals surface area contributed by atoms with Gasteiger partial charge >= 0.3 is 29.6 Å². The molecule has 11 heavy (non-hydrogen) atoms. The minimum absolute atomic E-state index is 0. The molecule has 2 N–H and O–H groups in total. The van der Waals surface area contributed by atoms with Crippen LogP contribution in [0.15, 0.2) is 11.6 Å². The first-order valence-corrected chi connectivity index (χ1v) is 3.65. The number of allylic oxidation sites excluding steroid dienone is 1. The van der Waals surface area contributed by atoms with Crippen LogP contribution in [0, 0.1) is 0 Å². The Morgan fingerprint density at radius 1 is 1.64 bits per heavy atom. The van der Waals surface area contributed by atoms with E-state index in [9.17, 15) is 4.79 Å². The van der Waals surface area contributed by atoms with Gasteiger partial charge in [0.1, 0.15) is 0 Å². The van der Waals surface area contributed by atoms with Crippen LogP contribution in [0.4, 0.5) is 0 Å². The van der Waals surface area contributed by atoms with Gasteiger partial charge in [-0.05, 0) is 13.3 Å². The smallest absolute Gasteiger partial charge is 1.00 e. The van der Waals surface area contributed by atoms with Gasteiger partial charge in [-0.2, -0.15) is 0 Å². The number of hydrogen-bond donors (Lipinski definition) is 1. The molecule has 0 saturated heterocycles. The van der Waals surface area contributed by atoms with Crippen LogP contribution in [0.2, 0.25) is 0 Å². The Balaban J connectivity index is -0.000000405. The molecule has 0 radical (unpaired) electrons. The maximum Gasteiger partial charge on any atom is 1.00 e. The topological polar surface area (TPSA) is 43.1 Å². The van der Waals surface area contributed by atoms with Gasteiger partial charge in [0.25, 0.3) is 0 Å². The first-order valence-electron chi connectivity index (χ1n) is 3.65. The van der Waals surface area contributed by atoms with Crippen LogP contribution in [0.1, 0.15) is 34.5 Å². The molecular weight excluding hydrogens is 149 g/mol. The Labute approximate surface area is 92.0 Å². The number of carbonyl (C=O) groups is 1. The molecule has 2 nitrogen and oxygen atoms in total. The van der Waals surface area contributed by atoms with E-state index in [2.05, 4.69) is 6.92 Å². The summed E-state index contributed by atoms with van der Waals surface area (Å²) in [5.74, 6) is -0.309. The minimum atomic E-state index is -0.309. The van der Waals surface area contributed by atoms with Gasteiger partial charge in [0.05, 0.1) is 0 Å². The van der Waals surface area contributed by atoms with Gasteiger partial charge in [-0.25, -0.2) is 0 Å². The van der Waals surface area contributed by atoms with E-state index < -0.39 is 0 Å². The molecular formula is C8H16NNaO. The third kappa shape index (κ3) is 8.11. The Kier molecular flexibility index (Phi) is 10.4. The summed E-state index contributed by atoms with van der Waals surface area (Å²) in [6.45, 7) is 3.87. The van der Waals surface area contributed by atoms with Crippen LogP contribution in [-0.2, 0) is 4.79 Å². The first-order chi connectivity index (χ1) is 4.68. The predicted octanol–water partition coefficient (Wildman–Crippen LogP) is -1.28. The summed E-state index contributed by atoms with van der Waals surface area (Å²) in [4.78, 5) is 10.4. The molecule has 0 aromatic rings. The van der Waals surface area contributed by atoms with Crippen molar-refractivity contribution in [1.29, 1.82) is 0 Å². The SMILES string of the molecule is CCCCC=C(C)C(N)=O.[H-].[Na+]. The zero-order valence-corrected chi connectivity index (χ0v) is 9.68. The van der Waals surface area contributed by atoms with E-state index >= 15 is 0 Å². The fraction of sp³-hybridized carbons (Fsp3) is 0.625. The third-order valence-corrected chi connectivity index (χ3v) is 1.40. The second kappa shape index (κ2) is 8.31. The molecule has 0 aromatic heterocycles. The van der Waals surface area contributed by atoms with Crippen molar-refractivity contribution in [1.82, 2.24) is 0 Å². The Morgan fingerprint density at radius 2 is 2.18 bits per heavy atom. The van der Waals surface area contributed by atoms with E-state index in [1.165, 1.54) is 0 Å². The van der Waals surface area contributed by atoms with Crippen LogP contribution in [-0.4, -0.2) is 5.91 Å². The van der Waals surface area contributed by atoms with Crippen molar-refractivity contribution < 1.29 is 35.8 Å². The van der Waals surface area contributed by atoms with E-state index in [0.717, 1.165) is 19.3 Å².